The molecule has 0 saturated heterocycles. The van der Waals surface area contributed by atoms with E-state index in [1.54, 1.807) is 30.3 Å². The molecule has 0 radical (unpaired) electrons. The molecule has 3 aromatic rings. The van der Waals surface area contributed by atoms with E-state index < -0.39 is 18.0 Å². The lowest BCUT2D eigenvalue weighted by molar-refractivity contribution is -0.116. The Kier molecular flexibility index (Phi) is 5.57. The predicted molar refractivity (Wildman–Crippen MR) is 121 cm³/mol. The van der Waals surface area contributed by atoms with E-state index in [0.29, 0.717) is 33.2 Å². The van der Waals surface area contributed by atoms with Crippen molar-refractivity contribution in [2.24, 2.45) is 4.99 Å². The Labute approximate surface area is 185 Å². The summed E-state index contributed by atoms with van der Waals surface area (Å²) in [6, 6.07) is 19.0. The molecule has 0 saturated carbocycles. The SMILES string of the molecule is O=C(O)c1ccccc1NC1N=C(c2ccccc2Cl)c2cc(Br)ccc2NC1=O. The molecule has 1 aliphatic rings. The molecular formula is C22H15BrClN3O3. The number of halogens is 2. The first-order valence-electron chi connectivity index (χ1n) is 8.96. The first-order chi connectivity index (χ1) is 14.4. The fraction of sp³-hybridized carbons (Fsp3) is 0.0455. The minimum atomic E-state index is -1.10. The number of nitrogens with zero attached hydrogens (tertiary/aromatic N) is 1. The van der Waals surface area contributed by atoms with Crippen molar-refractivity contribution in [2.45, 2.75) is 6.17 Å². The summed E-state index contributed by atoms with van der Waals surface area (Å²) in [5.41, 5.74) is 2.79. The van der Waals surface area contributed by atoms with Gasteiger partial charge in [-0.15, -0.1) is 0 Å². The van der Waals surface area contributed by atoms with Gasteiger partial charge in [0.05, 0.1) is 22.6 Å². The van der Waals surface area contributed by atoms with E-state index in [1.807, 2.05) is 30.3 Å². The number of fused-ring (bicyclic) bond motifs is 1. The third-order valence-electron chi connectivity index (χ3n) is 4.58. The van der Waals surface area contributed by atoms with Crippen LogP contribution < -0.4 is 10.6 Å². The topological polar surface area (TPSA) is 90.8 Å². The number of hydrogen-bond donors (Lipinski definition) is 3. The summed E-state index contributed by atoms with van der Waals surface area (Å²) < 4.78 is 0.817. The van der Waals surface area contributed by atoms with Crippen LogP contribution in [0.5, 0.6) is 0 Å². The van der Waals surface area contributed by atoms with Gasteiger partial charge in [-0.3, -0.25) is 4.79 Å². The van der Waals surface area contributed by atoms with E-state index in [-0.39, 0.29) is 5.56 Å². The normalized spacial score (nSPS) is 15.5. The van der Waals surface area contributed by atoms with E-state index in [9.17, 15) is 14.7 Å². The van der Waals surface area contributed by atoms with Gasteiger partial charge in [0.25, 0.3) is 5.91 Å². The minimum absolute atomic E-state index is 0.0456. The molecule has 150 valence electrons. The van der Waals surface area contributed by atoms with Crippen molar-refractivity contribution in [1.29, 1.82) is 0 Å². The summed E-state index contributed by atoms with van der Waals surface area (Å²) in [6.07, 6.45) is -1.07. The van der Waals surface area contributed by atoms with Gasteiger partial charge in [0.1, 0.15) is 0 Å². The van der Waals surface area contributed by atoms with Crippen LogP contribution in [-0.2, 0) is 4.79 Å². The molecular weight excluding hydrogens is 470 g/mol. The standard InChI is InChI=1S/C22H15BrClN3O3/c23-12-9-10-18-15(11-12)19(13-5-1-3-7-16(13)24)27-20(21(28)26-18)25-17-8-4-2-6-14(17)22(29)30/h1-11,20,25H,(H,26,28)(H,29,30). The molecule has 6 nitrogen and oxygen atoms in total. The molecule has 0 spiro atoms. The quantitative estimate of drug-likeness (QED) is 0.484. The predicted octanol–water partition coefficient (Wildman–Crippen LogP) is 5.03. The van der Waals surface area contributed by atoms with Gasteiger partial charge in [-0.25, -0.2) is 9.79 Å². The molecule has 0 bridgehead atoms. The highest BCUT2D eigenvalue weighted by Crippen LogP contribution is 2.30. The van der Waals surface area contributed by atoms with Crippen LogP contribution in [0, 0.1) is 0 Å². The number of anilines is 2. The highest BCUT2D eigenvalue weighted by Gasteiger charge is 2.27. The fourth-order valence-corrected chi connectivity index (χ4v) is 3.77. The number of aliphatic imine (C=N–C) groups is 1. The number of nitrogens with one attached hydrogen (secondary N) is 2. The zero-order valence-electron chi connectivity index (χ0n) is 15.4. The van der Waals surface area contributed by atoms with Crippen molar-refractivity contribution in [3.05, 3.63) is 92.9 Å². The van der Waals surface area contributed by atoms with Crippen molar-refractivity contribution in [2.75, 3.05) is 10.6 Å². The maximum Gasteiger partial charge on any atom is 0.337 e. The van der Waals surface area contributed by atoms with Crippen molar-refractivity contribution in [3.63, 3.8) is 0 Å². The molecule has 0 aromatic heterocycles. The smallest absolute Gasteiger partial charge is 0.337 e. The summed E-state index contributed by atoms with van der Waals surface area (Å²) >= 11 is 9.89. The Hall–Kier alpha value is -3.16. The number of carboxylic acid groups (broad SMARTS) is 1. The second-order valence-electron chi connectivity index (χ2n) is 6.53. The third-order valence-corrected chi connectivity index (χ3v) is 5.40. The Morgan fingerprint density at radius 3 is 2.57 bits per heavy atom. The molecule has 3 aromatic carbocycles. The highest BCUT2D eigenvalue weighted by molar-refractivity contribution is 9.10. The molecule has 30 heavy (non-hydrogen) atoms. The van der Waals surface area contributed by atoms with Crippen LogP contribution in [-0.4, -0.2) is 28.9 Å². The molecule has 4 rings (SSSR count). The average Bonchev–Trinajstić information content (AvgIpc) is 2.85. The lowest BCUT2D eigenvalue weighted by Gasteiger charge is -2.16. The van der Waals surface area contributed by atoms with Crippen LogP contribution in [0.2, 0.25) is 5.02 Å². The van der Waals surface area contributed by atoms with Gasteiger partial charge in [-0.05, 0) is 36.4 Å². The number of carbonyl (C=O) groups is 2. The number of aromatic carboxylic acids is 1. The number of rotatable bonds is 4. The second kappa shape index (κ2) is 8.30. The summed E-state index contributed by atoms with van der Waals surface area (Å²) in [6.45, 7) is 0. The largest absolute Gasteiger partial charge is 0.478 e. The minimum Gasteiger partial charge on any atom is -0.478 e. The maximum atomic E-state index is 12.9. The number of benzene rings is 3. The Morgan fingerprint density at radius 2 is 1.80 bits per heavy atom. The molecule has 1 atom stereocenters. The Balaban J connectivity index is 1.86. The molecule has 0 fully saturated rings. The van der Waals surface area contributed by atoms with Crippen molar-refractivity contribution in [1.82, 2.24) is 0 Å². The van der Waals surface area contributed by atoms with Crippen LogP contribution in [0.1, 0.15) is 21.5 Å². The van der Waals surface area contributed by atoms with E-state index in [1.165, 1.54) is 6.07 Å². The van der Waals surface area contributed by atoms with Crippen LogP contribution in [0.3, 0.4) is 0 Å². The van der Waals surface area contributed by atoms with Gasteiger partial charge < -0.3 is 15.7 Å². The van der Waals surface area contributed by atoms with E-state index in [0.717, 1.165) is 4.47 Å². The Morgan fingerprint density at radius 1 is 1.07 bits per heavy atom. The fourth-order valence-electron chi connectivity index (χ4n) is 3.19. The Bertz CT molecular complexity index is 1200. The number of amides is 1. The molecule has 8 heteroatoms. The monoisotopic (exact) mass is 483 g/mol. The van der Waals surface area contributed by atoms with Crippen LogP contribution in [0.15, 0.2) is 76.2 Å². The first-order valence-corrected chi connectivity index (χ1v) is 10.1. The van der Waals surface area contributed by atoms with Gasteiger partial charge in [0.2, 0.25) is 0 Å². The van der Waals surface area contributed by atoms with Crippen LogP contribution in [0.25, 0.3) is 0 Å². The van der Waals surface area contributed by atoms with E-state index >= 15 is 0 Å². The number of benzodiazepines with no additional fused rings is 1. The van der Waals surface area contributed by atoms with Crippen molar-refractivity contribution >= 4 is 56.5 Å². The van der Waals surface area contributed by atoms with E-state index in [4.69, 9.17) is 11.6 Å². The van der Waals surface area contributed by atoms with E-state index in [2.05, 4.69) is 31.6 Å². The second-order valence-corrected chi connectivity index (χ2v) is 7.86. The van der Waals surface area contributed by atoms with Crippen molar-refractivity contribution < 1.29 is 14.7 Å². The van der Waals surface area contributed by atoms with Crippen molar-refractivity contribution in [3.8, 4) is 0 Å². The maximum absolute atomic E-state index is 12.9. The molecule has 1 aliphatic heterocycles. The molecule has 3 N–H and O–H groups in total. The molecule has 0 aliphatic carbocycles. The van der Waals surface area contributed by atoms with Gasteiger partial charge in [0, 0.05) is 20.6 Å². The van der Waals surface area contributed by atoms with Gasteiger partial charge in [-0.1, -0.05) is 57.9 Å². The number of carboxylic acids is 1. The summed E-state index contributed by atoms with van der Waals surface area (Å²) in [5.74, 6) is -1.52. The lowest BCUT2D eigenvalue weighted by Crippen LogP contribution is -2.33. The molecule has 1 unspecified atom stereocenters. The zero-order valence-corrected chi connectivity index (χ0v) is 17.7. The summed E-state index contributed by atoms with van der Waals surface area (Å²) in [7, 11) is 0. The lowest BCUT2D eigenvalue weighted by atomic mass is 10.0. The summed E-state index contributed by atoms with van der Waals surface area (Å²) in [5, 5.41) is 15.8. The van der Waals surface area contributed by atoms with Crippen LogP contribution in [0.4, 0.5) is 11.4 Å². The first kappa shape index (κ1) is 20.1. The average molecular weight is 485 g/mol. The van der Waals surface area contributed by atoms with Gasteiger partial charge in [-0.2, -0.15) is 0 Å². The summed E-state index contributed by atoms with van der Waals surface area (Å²) in [4.78, 5) is 29.2. The molecule has 1 heterocycles. The molecule has 1 amide bonds. The van der Waals surface area contributed by atoms with Crippen LogP contribution >= 0.6 is 27.5 Å². The highest BCUT2D eigenvalue weighted by atomic mass is 79.9. The number of para-hydroxylation sites is 1. The zero-order chi connectivity index (χ0) is 21.3. The third kappa shape index (κ3) is 3.94. The van der Waals surface area contributed by atoms with Gasteiger partial charge in [0.15, 0.2) is 6.17 Å². The number of hydrogen-bond acceptors (Lipinski definition) is 4. The van der Waals surface area contributed by atoms with Gasteiger partial charge >= 0.3 is 5.97 Å². The number of carbonyl (C=O) groups excluding carboxylic acids is 1.